The molecule has 0 radical (unpaired) electrons. The van der Waals surface area contributed by atoms with E-state index in [1.165, 1.54) is 0 Å². The lowest BCUT2D eigenvalue weighted by Crippen LogP contribution is -1.98. The van der Waals surface area contributed by atoms with E-state index >= 15 is 0 Å². The molecule has 4 aromatic heterocycles. The molecule has 0 saturated heterocycles. The molecule has 4 rings (SSSR count). The molecule has 22 heavy (non-hydrogen) atoms. The fourth-order valence-electron chi connectivity index (χ4n) is 2.07. The number of anilines is 2. The maximum absolute atomic E-state index is 4.66. The van der Waals surface area contributed by atoms with E-state index in [1.54, 1.807) is 35.1 Å². The summed E-state index contributed by atoms with van der Waals surface area (Å²) in [5.74, 6) is 1.45. The van der Waals surface area contributed by atoms with Crippen LogP contribution < -0.4 is 5.32 Å². The van der Waals surface area contributed by atoms with E-state index in [-0.39, 0.29) is 0 Å². The molecule has 0 bridgehead atoms. The first-order chi connectivity index (χ1) is 10.8. The molecular formula is C15H11N5S2. The second kappa shape index (κ2) is 5.43. The Morgan fingerprint density at radius 3 is 2.64 bits per heavy atom. The third-order valence-electron chi connectivity index (χ3n) is 3.08. The summed E-state index contributed by atoms with van der Waals surface area (Å²) in [6.07, 6.45) is 3.50. The first-order valence-corrected chi connectivity index (χ1v) is 8.40. The molecule has 0 atom stereocenters. The van der Waals surface area contributed by atoms with Crippen molar-refractivity contribution in [1.29, 1.82) is 0 Å². The van der Waals surface area contributed by atoms with E-state index < -0.39 is 0 Å². The third kappa shape index (κ3) is 2.44. The molecule has 0 saturated carbocycles. The van der Waals surface area contributed by atoms with Gasteiger partial charge in [-0.05, 0) is 30.5 Å². The van der Waals surface area contributed by atoms with Crippen LogP contribution in [0, 0.1) is 6.92 Å². The van der Waals surface area contributed by atoms with Gasteiger partial charge in [0.2, 0.25) is 0 Å². The Balaban J connectivity index is 1.84. The molecule has 0 aliphatic heterocycles. The predicted molar refractivity (Wildman–Crippen MR) is 90.8 cm³/mol. The van der Waals surface area contributed by atoms with Crippen LogP contribution in [0.2, 0.25) is 0 Å². The first-order valence-electron chi connectivity index (χ1n) is 6.64. The number of fused-ring (bicyclic) bond motifs is 1. The molecule has 7 heteroatoms. The van der Waals surface area contributed by atoms with Gasteiger partial charge in [0.15, 0.2) is 10.8 Å². The zero-order valence-corrected chi connectivity index (χ0v) is 13.3. The minimum absolute atomic E-state index is 0.657. The maximum atomic E-state index is 4.66. The van der Waals surface area contributed by atoms with Crippen LogP contribution in [-0.4, -0.2) is 19.9 Å². The number of thiazole rings is 1. The maximum Gasteiger partial charge on any atom is 0.192 e. The molecule has 0 aliphatic rings. The largest absolute Gasteiger partial charge is 0.339 e. The average Bonchev–Trinajstić information content (AvgIpc) is 3.17. The number of thiophene rings is 1. The summed E-state index contributed by atoms with van der Waals surface area (Å²) in [6, 6.07) is 5.85. The Morgan fingerprint density at radius 2 is 1.86 bits per heavy atom. The number of nitrogens with one attached hydrogen (secondary N) is 1. The quantitative estimate of drug-likeness (QED) is 0.609. The van der Waals surface area contributed by atoms with Gasteiger partial charge in [-0.15, -0.1) is 22.7 Å². The molecular weight excluding hydrogens is 314 g/mol. The Hall–Kier alpha value is -2.38. The number of pyridine rings is 1. The standard InChI is InChI=1S/C15H11N5S2/c1-9-8-22-15(17-9)13-19-12(11-4-7-21-14(11)20-13)18-10-2-5-16-6-3-10/h2-8H,1H3,(H,16,18,19,20). The van der Waals surface area contributed by atoms with Gasteiger partial charge in [-0.3, -0.25) is 4.98 Å². The van der Waals surface area contributed by atoms with Crippen molar-refractivity contribution < 1.29 is 0 Å². The molecule has 4 heterocycles. The van der Waals surface area contributed by atoms with Gasteiger partial charge in [-0.25, -0.2) is 15.0 Å². The second-order valence-electron chi connectivity index (χ2n) is 4.69. The molecule has 4 aromatic rings. The number of hydrogen-bond donors (Lipinski definition) is 1. The molecule has 0 aromatic carbocycles. The molecule has 1 N–H and O–H groups in total. The van der Waals surface area contributed by atoms with Gasteiger partial charge in [0, 0.05) is 29.2 Å². The summed E-state index contributed by atoms with van der Waals surface area (Å²) < 4.78 is 0. The Morgan fingerprint density at radius 1 is 1.00 bits per heavy atom. The van der Waals surface area contributed by atoms with Gasteiger partial charge < -0.3 is 5.32 Å². The lowest BCUT2D eigenvalue weighted by molar-refractivity contribution is 1.18. The Kier molecular flexibility index (Phi) is 3.28. The lowest BCUT2D eigenvalue weighted by atomic mass is 10.3. The summed E-state index contributed by atoms with van der Waals surface area (Å²) in [6.45, 7) is 1.97. The molecule has 108 valence electrons. The summed E-state index contributed by atoms with van der Waals surface area (Å²) in [4.78, 5) is 18.7. The van der Waals surface area contributed by atoms with Crippen LogP contribution in [0.3, 0.4) is 0 Å². The monoisotopic (exact) mass is 325 g/mol. The third-order valence-corrected chi connectivity index (χ3v) is 4.84. The Labute approximate surface area is 134 Å². The van der Waals surface area contributed by atoms with Crippen molar-refractivity contribution >= 4 is 44.4 Å². The number of nitrogens with zero attached hydrogens (tertiary/aromatic N) is 4. The van der Waals surface area contributed by atoms with E-state index in [1.807, 2.05) is 35.9 Å². The Bertz CT molecular complexity index is 929. The lowest BCUT2D eigenvalue weighted by Gasteiger charge is -2.07. The van der Waals surface area contributed by atoms with Crippen molar-refractivity contribution in [3.05, 3.63) is 47.0 Å². The zero-order valence-electron chi connectivity index (χ0n) is 11.6. The fourth-order valence-corrected chi connectivity index (χ4v) is 3.57. The topological polar surface area (TPSA) is 63.6 Å². The van der Waals surface area contributed by atoms with E-state index in [9.17, 15) is 0 Å². The SMILES string of the molecule is Cc1csc(-c2nc(Nc3ccncc3)c3ccsc3n2)n1. The molecule has 0 amide bonds. The van der Waals surface area contributed by atoms with E-state index in [0.29, 0.717) is 5.82 Å². The van der Waals surface area contributed by atoms with Crippen LogP contribution in [-0.2, 0) is 0 Å². The van der Waals surface area contributed by atoms with Crippen LogP contribution >= 0.6 is 22.7 Å². The number of rotatable bonds is 3. The van der Waals surface area contributed by atoms with Crippen molar-refractivity contribution in [3.63, 3.8) is 0 Å². The van der Waals surface area contributed by atoms with Crippen LogP contribution in [0.4, 0.5) is 11.5 Å². The minimum Gasteiger partial charge on any atom is -0.339 e. The normalized spacial score (nSPS) is 11.0. The summed E-state index contributed by atoms with van der Waals surface area (Å²) in [5, 5.41) is 9.22. The van der Waals surface area contributed by atoms with Gasteiger partial charge in [0.25, 0.3) is 0 Å². The average molecular weight is 325 g/mol. The molecule has 0 spiro atoms. The molecule has 0 aliphatic carbocycles. The summed E-state index contributed by atoms with van der Waals surface area (Å²) >= 11 is 3.16. The van der Waals surface area contributed by atoms with Crippen molar-refractivity contribution in [3.8, 4) is 10.8 Å². The van der Waals surface area contributed by atoms with Crippen molar-refractivity contribution in [2.45, 2.75) is 6.92 Å². The number of aryl methyl sites for hydroxylation is 1. The van der Waals surface area contributed by atoms with Crippen molar-refractivity contribution in [2.24, 2.45) is 0 Å². The highest BCUT2D eigenvalue weighted by Crippen LogP contribution is 2.31. The molecule has 5 nitrogen and oxygen atoms in total. The van der Waals surface area contributed by atoms with Gasteiger partial charge in [-0.2, -0.15) is 0 Å². The summed E-state index contributed by atoms with van der Waals surface area (Å²) in [5.41, 5.74) is 1.93. The number of hydrogen-bond acceptors (Lipinski definition) is 7. The van der Waals surface area contributed by atoms with E-state index in [4.69, 9.17) is 0 Å². The summed E-state index contributed by atoms with van der Waals surface area (Å²) in [7, 11) is 0. The fraction of sp³-hybridized carbons (Fsp3) is 0.0667. The van der Waals surface area contributed by atoms with Gasteiger partial charge in [0.1, 0.15) is 10.6 Å². The highest BCUT2D eigenvalue weighted by Gasteiger charge is 2.13. The van der Waals surface area contributed by atoms with Crippen LogP contribution in [0.25, 0.3) is 21.0 Å². The van der Waals surface area contributed by atoms with Crippen LogP contribution in [0.5, 0.6) is 0 Å². The van der Waals surface area contributed by atoms with E-state index in [0.717, 1.165) is 32.4 Å². The first kappa shape index (κ1) is 13.3. The highest BCUT2D eigenvalue weighted by molar-refractivity contribution is 7.17. The minimum atomic E-state index is 0.657. The van der Waals surface area contributed by atoms with Crippen LogP contribution in [0.15, 0.2) is 41.4 Å². The van der Waals surface area contributed by atoms with Crippen molar-refractivity contribution in [1.82, 2.24) is 19.9 Å². The predicted octanol–water partition coefficient (Wildman–Crippen LogP) is 4.26. The van der Waals surface area contributed by atoms with E-state index in [2.05, 4.69) is 25.3 Å². The second-order valence-corrected chi connectivity index (χ2v) is 6.44. The highest BCUT2D eigenvalue weighted by atomic mass is 32.1. The smallest absolute Gasteiger partial charge is 0.192 e. The molecule has 0 fully saturated rings. The van der Waals surface area contributed by atoms with Crippen LogP contribution in [0.1, 0.15) is 5.69 Å². The van der Waals surface area contributed by atoms with Gasteiger partial charge >= 0.3 is 0 Å². The van der Waals surface area contributed by atoms with Crippen molar-refractivity contribution in [2.75, 3.05) is 5.32 Å². The van der Waals surface area contributed by atoms with Gasteiger partial charge in [0.05, 0.1) is 5.39 Å². The zero-order chi connectivity index (χ0) is 14.9. The number of aromatic nitrogens is 4. The van der Waals surface area contributed by atoms with Gasteiger partial charge in [-0.1, -0.05) is 0 Å². The molecule has 0 unspecified atom stereocenters.